The van der Waals surface area contributed by atoms with E-state index in [0.29, 0.717) is 11.8 Å². The molecule has 1 aromatic carbocycles. The molecule has 1 aromatic heterocycles. The van der Waals surface area contributed by atoms with Crippen LogP contribution in [0.4, 0.5) is 0 Å². The van der Waals surface area contributed by atoms with Gasteiger partial charge in [0.05, 0.1) is 5.75 Å². The van der Waals surface area contributed by atoms with Crippen LogP contribution >= 0.6 is 23.5 Å². The fraction of sp³-hybridized carbons (Fsp3) is 0.522. The Morgan fingerprint density at radius 3 is 2.43 bits per heavy atom. The van der Waals surface area contributed by atoms with Gasteiger partial charge in [-0.2, -0.15) is 0 Å². The van der Waals surface area contributed by atoms with Crippen molar-refractivity contribution in [1.82, 2.24) is 19.8 Å². The van der Waals surface area contributed by atoms with Crippen molar-refractivity contribution in [2.24, 2.45) is 0 Å². The van der Waals surface area contributed by atoms with E-state index >= 15 is 0 Å². The maximum Gasteiger partial charge on any atom is 0.232 e. The lowest BCUT2D eigenvalue weighted by Crippen LogP contribution is -2.48. The highest BCUT2D eigenvalue weighted by molar-refractivity contribution is 8.02. The summed E-state index contributed by atoms with van der Waals surface area (Å²) in [4.78, 5) is 27.7. The summed E-state index contributed by atoms with van der Waals surface area (Å²) in [6.07, 6.45) is 9.67. The lowest BCUT2D eigenvalue weighted by Gasteiger charge is -2.40. The number of nitrogens with zero attached hydrogens (tertiary/aromatic N) is 4. The van der Waals surface area contributed by atoms with Crippen LogP contribution in [0.5, 0.6) is 0 Å². The van der Waals surface area contributed by atoms with Gasteiger partial charge in [-0.05, 0) is 57.3 Å². The van der Waals surface area contributed by atoms with Crippen molar-refractivity contribution in [2.45, 2.75) is 60.0 Å². The SMILES string of the molecule is Cc1ccccc1Sc1nccnc1SCC(=O)N1CCC(N2CCCCC2)CC1. The van der Waals surface area contributed by atoms with E-state index in [2.05, 4.69) is 33.9 Å². The molecule has 7 heteroatoms. The number of carbonyl (C=O) groups is 1. The van der Waals surface area contributed by atoms with Gasteiger partial charge in [0.15, 0.2) is 0 Å². The van der Waals surface area contributed by atoms with Crippen LogP contribution in [0, 0.1) is 6.92 Å². The minimum Gasteiger partial charge on any atom is -0.342 e. The second kappa shape index (κ2) is 10.6. The number of piperidine rings is 2. The highest BCUT2D eigenvalue weighted by Crippen LogP contribution is 2.34. The maximum absolute atomic E-state index is 12.8. The van der Waals surface area contributed by atoms with Gasteiger partial charge in [-0.25, -0.2) is 9.97 Å². The molecule has 2 aliphatic rings. The third-order valence-corrected chi connectivity index (χ3v) is 8.25. The highest BCUT2D eigenvalue weighted by atomic mass is 32.2. The van der Waals surface area contributed by atoms with Crippen molar-refractivity contribution in [3.8, 4) is 0 Å². The molecule has 0 aliphatic carbocycles. The molecule has 0 radical (unpaired) electrons. The largest absolute Gasteiger partial charge is 0.342 e. The summed E-state index contributed by atoms with van der Waals surface area (Å²) in [5, 5.41) is 1.70. The van der Waals surface area contributed by atoms with E-state index in [0.717, 1.165) is 36.0 Å². The normalized spacial score (nSPS) is 18.5. The quantitative estimate of drug-likeness (QED) is 0.614. The molecule has 2 aromatic rings. The number of hydrogen-bond donors (Lipinski definition) is 0. The van der Waals surface area contributed by atoms with Gasteiger partial charge in [-0.15, -0.1) is 0 Å². The smallest absolute Gasteiger partial charge is 0.232 e. The molecule has 0 atom stereocenters. The molecule has 0 spiro atoms. The molecule has 0 saturated carbocycles. The topological polar surface area (TPSA) is 49.3 Å². The number of aromatic nitrogens is 2. The number of carbonyl (C=O) groups excluding carboxylic acids is 1. The zero-order valence-electron chi connectivity index (χ0n) is 17.6. The van der Waals surface area contributed by atoms with Gasteiger partial charge in [-0.1, -0.05) is 48.1 Å². The molecule has 160 valence electrons. The summed E-state index contributed by atoms with van der Waals surface area (Å²) in [5.41, 5.74) is 1.22. The van der Waals surface area contributed by atoms with Crippen molar-refractivity contribution in [3.63, 3.8) is 0 Å². The summed E-state index contributed by atoms with van der Waals surface area (Å²) in [6, 6.07) is 8.94. The van der Waals surface area contributed by atoms with Crippen LogP contribution in [-0.2, 0) is 4.79 Å². The van der Waals surface area contributed by atoms with Gasteiger partial charge in [0, 0.05) is 36.4 Å². The average molecular weight is 443 g/mol. The van der Waals surface area contributed by atoms with Crippen LogP contribution in [0.25, 0.3) is 0 Å². The first-order chi connectivity index (χ1) is 14.7. The van der Waals surface area contributed by atoms with E-state index in [1.807, 2.05) is 17.0 Å². The third-order valence-electron chi connectivity index (χ3n) is 5.99. The van der Waals surface area contributed by atoms with E-state index in [1.54, 1.807) is 24.2 Å². The zero-order chi connectivity index (χ0) is 20.8. The molecule has 2 fully saturated rings. The second-order valence-corrected chi connectivity index (χ2v) is 10.0. The summed E-state index contributed by atoms with van der Waals surface area (Å²) in [7, 11) is 0. The van der Waals surface area contributed by atoms with Gasteiger partial charge in [-0.3, -0.25) is 4.79 Å². The Kier molecular flexibility index (Phi) is 7.68. The lowest BCUT2D eigenvalue weighted by molar-refractivity contribution is -0.129. The molecule has 1 amide bonds. The Balaban J connectivity index is 1.30. The molecular formula is C23H30N4OS2. The highest BCUT2D eigenvalue weighted by Gasteiger charge is 2.27. The van der Waals surface area contributed by atoms with Crippen molar-refractivity contribution in [3.05, 3.63) is 42.2 Å². The van der Waals surface area contributed by atoms with E-state index in [4.69, 9.17) is 0 Å². The third kappa shape index (κ3) is 5.56. The number of rotatable bonds is 6. The van der Waals surface area contributed by atoms with E-state index in [-0.39, 0.29) is 5.91 Å². The minimum absolute atomic E-state index is 0.217. The molecule has 2 saturated heterocycles. The number of benzene rings is 1. The monoisotopic (exact) mass is 442 g/mol. The first-order valence-corrected chi connectivity index (χ1v) is 12.7. The van der Waals surface area contributed by atoms with Crippen LogP contribution in [-0.4, -0.2) is 63.6 Å². The Bertz CT molecular complexity index is 849. The fourth-order valence-electron chi connectivity index (χ4n) is 4.24. The fourth-order valence-corrected chi connectivity index (χ4v) is 6.14. The molecule has 0 unspecified atom stereocenters. The van der Waals surface area contributed by atoms with Crippen LogP contribution in [0.15, 0.2) is 51.6 Å². The summed E-state index contributed by atoms with van der Waals surface area (Å²) in [6.45, 7) is 6.34. The maximum atomic E-state index is 12.8. The van der Waals surface area contributed by atoms with Crippen LogP contribution in [0.3, 0.4) is 0 Å². The van der Waals surface area contributed by atoms with Crippen molar-refractivity contribution < 1.29 is 4.79 Å². The first-order valence-electron chi connectivity index (χ1n) is 10.9. The number of hydrogen-bond acceptors (Lipinski definition) is 6. The molecular weight excluding hydrogens is 412 g/mol. The number of thioether (sulfide) groups is 1. The molecule has 0 N–H and O–H groups in total. The van der Waals surface area contributed by atoms with Gasteiger partial charge >= 0.3 is 0 Å². The molecule has 3 heterocycles. The van der Waals surface area contributed by atoms with Gasteiger partial charge in [0.25, 0.3) is 0 Å². The Hall–Kier alpha value is -1.57. The number of likely N-dealkylation sites (tertiary alicyclic amines) is 2. The lowest BCUT2D eigenvalue weighted by atomic mass is 10.00. The van der Waals surface area contributed by atoms with E-state index < -0.39 is 0 Å². The van der Waals surface area contributed by atoms with Crippen molar-refractivity contribution in [1.29, 1.82) is 0 Å². The van der Waals surface area contributed by atoms with Crippen LogP contribution in [0.1, 0.15) is 37.7 Å². The first kappa shape index (κ1) is 21.7. The van der Waals surface area contributed by atoms with E-state index in [9.17, 15) is 4.79 Å². The summed E-state index contributed by atoms with van der Waals surface area (Å²) in [5.74, 6) is 0.642. The molecule has 0 bridgehead atoms. The minimum atomic E-state index is 0.217. The Labute approximate surface area is 188 Å². The Morgan fingerprint density at radius 1 is 1.00 bits per heavy atom. The standard InChI is InChI=1S/C23H30N4OS2/c1-18-7-3-4-8-20(18)30-23-22(24-11-12-25-23)29-17-21(28)27-15-9-19(10-16-27)26-13-5-2-6-14-26/h3-4,7-8,11-12,19H,2,5-6,9-10,13-17H2,1H3. The molecule has 5 nitrogen and oxygen atoms in total. The predicted molar refractivity (Wildman–Crippen MR) is 123 cm³/mol. The Morgan fingerprint density at radius 2 is 1.70 bits per heavy atom. The van der Waals surface area contributed by atoms with Crippen LogP contribution in [0.2, 0.25) is 0 Å². The average Bonchev–Trinajstić information content (AvgIpc) is 2.80. The predicted octanol–water partition coefficient (Wildman–Crippen LogP) is 4.51. The number of aryl methyl sites for hydroxylation is 1. The molecule has 2 aliphatic heterocycles. The summed E-state index contributed by atoms with van der Waals surface area (Å²) >= 11 is 3.13. The van der Waals surface area contributed by atoms with Gasteiger partial charge in [0.1, 0.15) is 10.1 Å². The van der Waals surface area contributed by atoms with Crippen molar-refractivity contribution in [2.75, 3.05) is 31.9 Å². The van der Waals surface area contributed by atoms with Gasteiger partial charge in [0.2, 0.25) is 5.91 Å². The molecule has 4 rings (SSSR count). The number of amides is 1. The summed E-state index contributed by atoms with van der Waals surface area (Å²) < 4.78 is 0. The molecule has 30 heavy (non-hydrogen) atoms. The van der Waals surface area contributed by atoms with Gasteiger partial charge < -0.3 is 9.80 Å². The zero-order valence-corrected chi connectivity index (χ0v) is 19.3. The van der Waals surface area contributed by atoms with E-state index in [1.165, 1.54) is 54.6 Å². The second-order valence-electron chi connectivity index (χ2n) is 8.03. The van der Waals surface area contributed by atoms with Crippen molar-refractivity contribution >= 4 is 29.4 Å². The van der Waals surface area contributed by atoms with Crippen LogP contribution < -0.4 is 0 Å².